The number of carbonyl (C=O) groups is 1. The van der Waals surface area contributed by atoms with Crippen LogP contribution in [0.4, 0.5) is 17.6 Å². The van der Waals surface area contributed by atoms with Gasteiger partial charge in [0.1, 0.15) is 24.5 Å². The smallest absolute Gasteiger partial charge is 0.434 e. The Kier molecular flexibility index (Phi) is 5.77. The van der Waals surface area contributed by atoms with Crippen molar-refractivity contribution in [1.82, 2.24) is 9.55 Å². The number of carbonyl (C=O) groups excluding carboxylic acids is 1. The molecule has 0 N–H and O–H groups in total. The molecule has 0 fully saturated rings. The molecule has 5 nitrogen and oxygen atoms in total. The van der Waals surface area contributed by atoms with E-state index in [2.05, 4.69) is 15.6 Å². The summed E-state index contributed by atoms with van der Waals surface area (Å²) in [6, 6.07) is 1.70. The summed E-state index contributed by atoms with van der Waals surface area (Å²) in [5.74, 6) is -0.336. The third-order valence-corrected chi connectivity index (χ3v) is 3.37. The largest absolute Gasteiger partial charge is 0.479 e. The van der Waals surface area contributed by atoms with Gasteiger partial charge in [0.25, 0.3) is 0 Å². The second-order valence-corrected chi connectivity index (χ2v) is 5.16. The first-order valence-corrected chi connectivity index (χ1v) is 7.45. The fourth-order valence-electron chi connectivity index (χ4n) is 2.08. The van der Waals surface area contributed by atoms with Crippen molar-refractivity contribution in [3.8, 4) is 23.8 Å². The number of hydrogen-bond acceptors (Lipinski definition) is 4. The van der Waals surface area contributed by atoms with Gasteiger partial charge in [-0.2, -0.15) is 13.2 Å². The van der Waals surface area contributed by atoms with Gasteiger partial charge in [0.2, 0.25) is 0 Å². The van der Waals surface area contributed by atoms with E-state index in [1.165, 1.54) is 6.92 Å². The Balaban J connectivity index is 2.65. The molecule has 0 saturated heterocycles. The van der Waals surface area contributed by atoms with Crippen molar-refractivity contribution in [2.24, 2.45) is 0 Å². The van der Waals surface area contributed by atoms with Crippen LogP contribution < -0.4 is 4.74 Å². The SMILES string of the molecule is C#CCOc1cc(-n2cnc(C(=O)OCC)c2C(F)(F)F)c(F)cc1Cl. The molecular formula is C16H11ClF4N2O3. The molecule has 0 amide bonds. The normalized spacial score (nSPS) is 11.1. The summed E-state index contributed by atoms with van der Waals surface area (Å²) >= 11 is 5.80. The van der Waals surface area contributed by atoms with Crippen molar-refractivity contribution in [2.45, 2.75) is 13.1 Å². The average molecular weight is 391 g/mol. The molecule has 1 heterocycles. The van der Waals surface area contributed by atoms with Gasteiger partial charge in [0.15, 0.2) is 11.4 Å². The van der Waals surface area contributed by atoms with Crippen LogP contribution in [0.3, 0.4) is 0 Å². The van der Waals surface area contributed by atoms with Gasteiger partial charge in [0.05, 0.1) is 17.3 Å². The minimum atomic E-state index is -5.01. The molecule has 2 aromatic rings. The number of ether oxygens (including phenoxy) is 2. The molecule has 0 atom stereocenters. The molecule has 0 aliphatic carbocycles. The highest BCUT2D eigenvalue weighted by atomic mass is 35.5. The van der Waals surface area contributed by atoms with E-state index >= 15 is 0 Å². The Morgan fingerprint density at radius 1 is 1.42 bits per heavy atom. The second-order valence-electron chi connectivity index (χ2n) is 4.76. The monoisotopic (exact) mass is 390 g/mol. The number of esters is 1. The van der Waals surface area contributed by atoms with Crippen LogP contribution in [-0.4, -0.2) is 28.7 Å². The van der Waals surface area contributed by atoms with E-state index in [1.54, 1.807) is 0 Å². The third kappa shape index (κ3) is 3.91. The molecule has 138 valence electrons. The Morgan fingerprint density at radius 2 is 2.12 bits per heavy atom. The van der Waals surface area contributed by atoms with Crippen LogP contribution in [0.5, 0.6) is 5.75 Å². The van der Waals surface area contributed by atoms with Crippen molar-refractivity contribution in [3.63, 3.8) is 0 Å². The Labute approximate surface area is 150 Å². The van der Waals surface area contributed by atoms with Gasteiger partial charge in [0, 0.05) is 6.07 Å². The summed E-state index contributed by atoms with van der Waals surface area (Å²) in [7, 11) is 0. The fourth-order valence-corrected chi connectivity index (χ4v) is 2.29. The van der Waals surface area contributed by atoms with Crippen LogP contribution in [0.2, 0.25) is 5.02 Å². The lowest BCUT2D eigenvalue weighted by Gasteiger charge is -2.15. The summed E-state index contributed by atoms with van der Waals surface area (Å²) in [5.41, 5.74) is -3.04. The van der Waals surface area contributed by atoms with Gasteiger partial charge in [-0.05, 0) is 13.0 Å². The second kappa shape index (κ2) is 7.66. The van der Waals surface area contributed by atoms with E-state index in [0.717, 1.165) is 12.1 Å². The van der Waals surface area contributed by atoms with Gasteiger partial charge in [-0.3, -0.25) is 4.57 Å². The number of benzene rings is 1. The number of alkyl halides is 3. The summed E-state index contributed by atoms with van der Waals surface area (Å²) in [5, 5.41) is -0.180. The molecule has 10 heteroatoms. The third-order valence-electron chi connectivity index (χ3n) is 3.08. The molecule has 0 unspecified atom stereocenters. The highest BCUT2D eigenvalue weighted by Crippen LogP contribution is 2.36. The van der Waals surface area contributed by atoms with Gasteiger partial charge >= 0.3 is 12.1 Å². The minimum absolute atomic E-state index is 0.125. The summed E-state index contributed by atoms with van der Waals surface area (Å²) in [4.78, 5) is 15.2. The summed E-state index contributed by atoms with van der Waals surface area (Å²) < 4.78 is 64.7. The maximum Gasteiger partial charge on any atom is 0.434 e. The maximum atomic E-state index is 14.3. The lowest BCUT2D eigenvalue weighted by Crippen LogP contribution is -2.19. The standard InChI is InChI=1S/C16H11ClF4N2O3/c1-3-5-26-12-7-11(10(18)6-9(12)17)23-8-22-13(15(24)25-4-2)14(23)16(19,20)21/h1,6-8H,4-5H2,2H3. The number of terminal acetylenes is 1. The highest BCUT2D eigenvalue weighted by Gasteiger charge is 2.41. The number of halogens is 5. The van der Waals surface area contributed by atoms with Crippen molar-refractivity contribution in [3.05, 3.63) is 40.7 Å². The van der Waals surface area contributed by atoms with Crippen molar-refractivity contribution < 1.29 is 31.8 Å². The molecule has 2 rings (SSSR count). The van der Waals surface area contributed by atoms with E-state index in [9.17, 15) is 22.4 Å². The van der Waals surface area contributed by atoms with Crippen LogP contribution in [0.25, 0.3) is 5.69 Å². The maximum absolute atomic E-state index is 14.3. The molecule has 26 heavy (non-hydrogen) atoms. The van der Waals surface area contributed by atoms with Crippen molar-refractivity contribution >= 4 is 17.6 Å². The van der Waals surface area contributed by atoms with Gasteiger partial charge in [-0.15, -0.1) is 6.42 Å². The molecule has 0 saturated carbocycles. The molecule has 0 radical (unpaired) electrons. The molecule has 0 bridgehead atoms. The van der Waals surface area contributed by atoms with E-state index in [-0.39, 0.29) is 24.0 Å². The lowest BCUT2D eigenvalue weighted by molar-refractivity contribution is -0.143. The predicted octanol–water partition coefficient (Wildman–Crippen LogP) is 3.87. The van der Waals surface area contributed by atoms with Crippen LogP contribution in [0.15, 0.2) is 18.5 Å². The zero-order valence-corrected chi connectivity index (χ0v) is 14.0. The number of aromatic nitrogens is 2. The van der Waals surface area contributed by atoms with Crippen LogP contribution in [-0.2, 0) is 10.9 Å². The van der Waals surface area contributed by atoms with Crippen LogP contribution in [0.1, 0.15) is 23.1 Å². The first kappa shape index (κ1) is 19.6. The van der Waals surface area contributed by atoms with Crippen molar-refractivity contribution in [1.29, 1.82) is 0 Å². The van der Waals surface area contributed by atoms with Crippen molar-refractivity contribution in [2.75, 3.05) is 13.2 Å². The topological polar surface area (TPSA) is 53.4 Å². The zero-order chi connectivity index (χ0) is 19.5. The van der Waals surface area contributed by atoms with E-state index in [4.69, 9.17) is 22.8 Å². The molecule has 0 aliphatic heterocycles. The molecule has 0 aliphatic rings. The quantitative estimate of drug-likeness (QED) is 0.442. The van der Waals surface area contributed by atoms with Crippen LogP contribution in [0, 0.1) is 18.2 Å². The molecular weight excluding hydrogens is 380 g/mol. The van der Waals surface area contributed by atoms with E-state index < -0.39 is 35.0 Å². The molecule has 0 spiro atoms. The first-order valence-electron chi connectivity index (χ1n) is 7.08. The Hall–Kier alpha value is -2.73. The minimum Gasteiger partial charge on any atom is -0.479 e. The number of rotatable bonds is 5. The van der Waals surface area contributed by atoms with Gasteiger partial charge in [-0.1, -0.05) is 17.5 Å². The summed E-state index contributed by atoms with van der Waals surface area (Å²) in [6.45, 7) is 1.05. The van der Waals surface area contributed by atoms with E-state index in [0.29, 0.717) is 10.9 Å². The Bertz CT molecular complexity index is 872. The average Bonchev–Trinajstić information content (AvgIpc) is 2.99. The first-order chi connectivity index (χ1) is 12.2. The molecule has 1 aromatic carbocycles. The fraction of sp³-hybridized carbons (Fsp3) is 0.250. The predicted molar refractivity (Wildman–Crippen MR) is 83.8 cm³/mol. The lowest BCUT2D eigenvalue weighted by atomic mass is 10.2. The highest BCUT2D eigenvalue weighted by molar-refractivity contribution is 6.32. The summed E-state index contributed by atoms with van der Waals surface area (Å²) in [6.07, 6.45) is 0.694. The number of nitrogens with zero attached hydrogens (tertiary/aromatic N) is 2. The van der Waals surface area contributed by atoms with Crippen LogP contribution >= 0.6 is 11.6 Å². The van der Waals surface area contributed by atoms with Gasteiger partial charge in [-0.25, -0.2) is 14.2 Å². The number of hydrogen-bond donors (Lipinski definition) is 0. The molecule has 1 aromatic heterocycles. The van der Waals surface area contributed by atoms with E-state index in [1.807, 2.05) is 0 Å². The Morgan fingerprint density at radius 3 is 2.69 bits per heavy atom. The number of imidazole rings is 1. The van der Waals surface area contributed by atoms with Gasteiger partial charge < -0.3 is 9.47 Å². The zero-order valence-electron chi connectivity index (χ0n) is 13.2.